The average molecular weight is 389 g/mol. The predicted molar refractivity (Wildman–Crippen MR) is 80.5 cm³/mol. The summed E-state index contributed by atoms with van der Waals surface area (Å²) in [6, 6.07) is 1.50. The predicted octanol–water partition coefficient (Wildman–Crippen LogP) is 0.899. The van der Waals surface area contributed by atoms with Gasteiger partial charge in [0, 0.05) is 0 Å². The molecule has 0 radical (unpaired) electrons. The van der Waals surface area contributed by atoms with Gasteiger partial charge < -0.3 is 25.0 Å². The largest absolute Gasteiger partial charge is 0.481 e. The standard InChI is InChI=1S/C15H13F2NO9/c1-6(19)13-7(16)2-3-8(14(13)17)18-15(26-11(24)4-9(20)21)27-12(25)5-10(22)23/h2-3,15,18H,4-5H2,1H3,(H,20,21)(H,22,23). The molecule has 0 spiro atoms. The van der Waals surface area contributed by atoms with Gasteiger partial charge in [0.2, 0.25) is 0 Å². The summed E-state index contributed by atoms with van der Waals surface area (Å²) in [6.07, 6.45) is -4.41. The Labute approximate surface area is 149 Å². The fraction of sp³-hybridized carbons (Fsp3) is 0.267. The number of halogens is 2. The molecule has 0 saturated carbocycles. The number of aliphatic carboxylic acids is 2. The molecule has 0 aromatic heterocycles. The van der Waals surface area contributed by atoms with Crippen LogP contribution in [0.3, 0.4) is 0 Å². The molecule has 1 rings (SSSR count). The van der Waals surface area contributed by atoms with Gasteiger partial charge in [0.25, 0.3) is 0 Å². The molecule has 0 bridgehead atoms. The van der Waals surface area contributed by atoms with E-state index in [2.05, 4.69) is 9.47 Å². The highest BCUT2D eigenvalue weighted by atomic mass is 19.1. The molecule has 0 heterocycles. The summed E-state index contributed by atoms with van der Waals surface area (Å²) in [5, 5.41) is 19.0. The lowest BCUT2D eigenvalue weighted by Crippen LogP contribution is -2.33. The van der Waals surface area contributed by atoms with E-state index in [-0.39, 0.29) is 0 Å². The van der Waals surface area contributed by atoms with Crippen LogP contribution in [0, 0.1) is 11.6 Å². The molecule has 12 heteroatoms. The van der Waals surface area contributed by atoms with Crippen molar-refractivity contribution in [2.45, 2.75) is 26.2 Å². The van der Waals surface area contributed by atoms with Crippen LogP contribution in [0.5, 0.6) is 0 Å². The minimum Gasteiger partial charge on any atom is -0.481 e. The minimum absolute atomic E-state index is 0.627. The average Bonchev–Trinajstić information content (AvgIpc) is 2.47. The Kier molecular flexibility index (Phi) is 7.33. The maximum Gasteiger partial charge on any atom is 0.329 e. The third kappa shape index (κ3) is 6.68. The monoisotopic (exact) mass is 389 g/mol. The van der Waals surface area contributed by atoms with Crippen LogP contribution in [0.4, 0.5) is 14.5 Å². The van der Waals surface area contributed by atoms with E-state index in [1.807, 2.05) is 5.32 Å². The molecule has 0 aliphatic heterocycles. The molecule has 0 atom stereocenters. The number of ketones is 1. The first-order valence-corrected chi connectivity index (χ1v) is 7.09. The van der Waals surface area contributed by atoms with Crippen molar-refractivity contribution in [3.05, 3.63) is 29.3 Å². The molecule has 0 aliphatic carbocycles. The summed E-state index contributed by atoms with van der Waals surface area (Å²) < 4.78 is 36.8. The highest BCUT2D eigenvalue weighted by Gasteiger charge is 2.25. The van der Waals surface area contributed by atoms with E-state index in [9.17, 15) is 32.8 Å². The lowest BCUT2D eigenvalue weighted by Gasteiger charge is -2.20. The summed E-state index contributed by atoms with van der Waals surface area (Å²) in [7, 11) is 0. The molecule has 0 unspecified atom stereocenters. The van der Waals surface area contributed by atoms with E-state index in [0.29, 0.717) is 6.07 Å². The van der Waals surface area contributed by atoms with Crippen LogP contribution in [0.25, 0.3) is 0 Å². The first kappa shape index (κ1) is 21.5. The van der Waals surface area contributed by atoms with Crippen molar-refractivity contribution in [1.82, 2.24) is 0 Å². The highest BCUT2D eigenvalue weighted by Crippen LogP contribution is 2.23. The van der Waals surface area contributed by atoms with Gasteiger partial charge in [0.15, 0.2) is 11.6 Å². The lowest BCUT2D eigenvalue weighted by atomic mass is 10.1. The smallest absolute Gasteiger partial charge is 0.329 e. The Morgan fingerprint density at radius 2 is 1.48 bits per heavy atom. The first-order valence-electron chi connectivity index (χ1n) is 7.09. The summed E-state index contributed by atoms with van der Waals surface area (Å²) in [5.41, 5.74) is -1.55. The molecular weight excluding hydrogens is 376 g/mol. The topological polar surface area (TPSA) is 156 Å². The maximum absolute atomic E-state index is 14.2. The van der Waals surface area contributed by atoms with Crippen molar-refractivity contribution in [3.63, 3.8) is 0 Å². The second kappa shape index (κ2) is 9.22. The van der Waals surface area contributed by atoms with Gasteiger partial charge in [0.05, 0.1) is 11.3 Å². The van der Waals surface area contributed by atoms with Gasteiger partial charge in [-0.05, 0) is 19.1 Å². The van der Waals surface area contributed by atoms with E-state index in [1.54, 1.807) is 0 Å². The van der Waals surface area contributed by atoms with Crippen LogP contribution >= 0.6 is 0 Å². The number of carboxylic acids is 2. The van der Waals surface area contributed by atoms with Crippen molar-refractivity contribution >= 4 is 35.3 Å². The second-order valence-corrected chi connectivity index (χ2v) is 4.94. The van der Waals surface area contributed by atoms with Crippen molar-refractivity contribution in [1.29, 1.82) is 0 Å². The Bertz CT molecular complexity index is 764. The number of anilines is 1. The minimum atomic E-state index is -2.14. The second-order valence-electron chi connectivity index (χ2n) is 4.94. The number of hydrogen-bond donors (Lipinski definition) is 3. The van der Waals surface area contributed by atoms with Crippen LogP contribution in [0.1, 0.15) is 30.1 Å². The van der Waals surface area contributed by atoms with Crippen molar-refractivity contribution in [2.24, 2.45) is 0 Å². The molecular formula is C15H13F2NO9. The van der Waals surface area contributed by atoms with Crippen LogP contribution in [0.2, 0.25) is 0 Å². The third-order valence-electron chi connectivity index (χ3n) is 2.78. The number of ether oxygens (including phenoxy) is 2. The van der Waals surface area contributed by atoms with Crippen molar-refractivity contribution < 1.29 is 52.4 Å². The number of rotatable bonds is 9. The number of benzene rings is 1. The number of hydrogen-bond acceptors (Lipinski definition) is 8. The van der Waals surface area contributed by atoms with Crippen LogP contribution in [-0.4, -0.2) is 46.3 Å². The van der Waals surface area contributed by atoms with Gasteiger partial charge in [0.1, 0.15) is 18.7 Å². The van der Waals surface area contributed by atoms with Gasteiger partial charge in [-0.15, -0.1) is 0 Å². The molecule has 1 aromatic carbocycles. The summed E-state index contributed by atoms with van der Waals surface area (Å²) in [4.78, 5) is 55.1. The Morgan fingerprint density at radius 3 is 1.89 bits per heavy atom. The summed E-state index contributed by atoms with van der Waals surface area (Å²) in [6.45, 7) is 0.891. The number of nitrogens with one attached hydrogen (secondary N) is 1. The molecule has 1 aromatic rings. The number of Topliss-reactive ketones (excluding diaryl/α,β-unsaturated/α-hetero) is 1. The Balaban J connectivity index is 3.09. The lowest BCUT2D eigenvalue weighted by molar-refractivity contribution is -0.184. The third-order valence-corrected chi connectivity index (χ3v) is 2.78. The highest BCUT2D eigenvalue weighted by molar-refractivity contribution is 5.95. The van der Waals surface area contributed by atoms with Crippen molar-refractivity contribution in [2.75, 3.05) is 5.32 Å². The zero-order valence-corrected chi connectivity index (χ0v) is 13.7. The van der Waals surface area contributed by atoms with Crippen LogP contribution in [0.15, 0.2) is 12.1 Å². The van der Waals surface area contributed by atoms with E-state index < -0.39 is 71.8 Å². The van der Waals surface area contributed by atoms with E-state index in [1.165, 1.54) is 0 Å². The molecule has 0 saturated heterocycles. The maximum atomic E-state index is 14.2. The molecule has 3 N–H and O–H groups in total. The van der Waals surface area contributed by atoms with Gasteiger partial charge in [-0.25, -0.2) is 8.78 Å². The SMILES string of the molecule is CC(=O)c1c(F)ccc(NC(OC(=O)CC(=O)O)OC(=O)CC(=O)O)c1F. The van der Waals surface area contributed by atoms with Gasteiger partial charge in [-0.2, -0.15) is 0 Å². The molecule has 10 nitrogen and oxygen atoms in total. The Hall–Kier alpha value is -3.57. The summed E-state index contributed by atoms with van der Waals surface area (Å²) >= 11 is 0. The van der Waals surface area contributed by atoms with Crippen molar-refractivity contribution in [3.8, 4) is 0 Å². The van der Waals surface area contributed by atoms with Crippen LogP contribution < -0.4 is 5.32 Å². The molecule has 0 aliphatic rings. The quantitative estimate of drug-likeness (QED) is 0.240. The zero-order chi connectivity index (χ0) is 20.7. The van der Waals surface area contributed by atoms with Gasteiger partial charge in [-0.3, -0.25) is 24.0 Å². The number of esters is 2. The molecule has 0 amide bonds. The number of carbonyl (C=O) groups excluding carboxylic acids is 3. The molecule has 146 valence electrons. The van der Waals surface area contributed by atoms with Gasteiger partial charge >= 0.3 is 30.3 Å². The first-order chi connectivity index (χ1) is 12.5. The zero-order valence-electron chi connectivity index (χ0n) is 13.7. The fourth-order valence-electron chi connectivity index (χ4n) is 1.77. The normalized spacial score (nSPS) is 10.2. The fourth-order valence-corrected chi connectivity index (χ4v) is 1.77. The van der Waals surface area contributed by atoms with E-state index in [0.717, 1.165) is 13.0 Å². The van der Waals surface area contributed by atoms with E-state index in [4.69, 9.17) is 10.2 Å². The number of carboxylic acid groups (broad SMARTS) is 2. The molecule has 0 fully saturated rings. The van der Waals surface area contributed by atoms with Gasteiger partial charge in [-0.1, -0.05) is 0 Å². The van der Waals surface area contributed by atoms with Crippen LogP contribution in [-0.2, 0) is 28.7 Å². The van der Waals surface area contributed by atoms with E-state index >= 15 is 0 Å². The summed E-state index contributed by atoms with van der Waals surface area (Å²) in [5.74, 6) is -9.50. The Morgan fingerprint density at radius 1 is 1.00 bits per heavy atom. The number of carbonyl (C=O) groups is 5. The molecule has 27 heavy (non-hydrogen) atoms.